The molecule has 2 N–H and O–H groups in total. The summed E-state index contributed by atoms with van der Waals surface area (Å²) in [5.41, 5.74) is 2.86. The van der Waals surface area contributed by atoms with Gasteiger partial charge in [0.1, 0.15) is 5.82 Å². The molecule has 11 heteroatoms. The van der Waals surface area contributed by atoms with Crippen molar-refractivity contribution >= 4 is 46.9 Å². The van der Waals surface area contributed by atoms with E-state index in [2.05, 4.69) is 15.3 Å². The van der Waals surface area contributed by atoms with E-state index in [0.29, 0.717) is 64.7 Å². The van der Waals surface area contributed by atoms with Crippen LogP contribution < -0.4 is 5.32 Å². The first-order valence-electron chi connectivity index (χ1n) is 13.1. The second-order valence-corrected chi connectivity index (χ2v) is 9.69. The number of nitrogens with one attached hydrogen (secondary N) is 2. The Bertz CT molecular complexity index is 1620. The summed E-state index contributed by atoms with van der Waals surface area (Å²) >= 11 is 0. The number of carbonyl (C=O) groups excluding carboxylic acids is 3. The lowest BCUT2D eigenvalue weighted by Gasteiger charge is -2.11. The Morgan fingerprint density at radius 3 is 2.68 bits per heavy atom. The van der Waals surface area contributed by atoms with Gasteiger partial charge in [0.25, 0.3) is 5.91 Å². The second kappa shape index (κ2) is 11.1. The van der Waals surface area contributed by atoms with Gasteiger partial charge in [-0.15, -0.1) is 0 Å². The van der Waals surface area contributed by atoms with Crippen LogP contribution in [0.25, 0.3) is 11.6 Å². The van der Waals surface area contributed by atoms with Crippen molar-refractivity contribution in [2.45, 2.75) is 45.2 Å². The number of halogens is 4. The van der Waals surface area contributed by atoms with Gasteiger partial charge in [-0.2, -0.15) is 13.2 Å². The maximum absolute atomic E-state index is 13.6. The number of nitrogens with zero attached hydrogens (tertiary/aromatic N) is 1. The van der Waals surface area contributed by atoms with Crippen molar-refractivity contribution in [1.29, 1.82) is 0 Å². The minimum Gasteiger partial charge on any atom is -0.466 e. The summed E-state index contributed by atoms with van der Waals surface area (Å²) in [7, 11) is 0. The Kier molecular flexibility index (Phi) is 7.61. The molecule has 0 fully saturated rings. The predicted molar refractivity (Wildman–Crippen MR) is 145 cm³/mol. The average molecular weight is 568 g/mol. The van der Waals surface area contributed by atoms with Crippen LogP contribution in [0, 0.1) is 5.82 Å². The molecule has 0 bridgehead atoms. The van der Waals surface area contributed by atoms with Gasteiger partial charge in [0.15, 0.2) is 5.78 Å². The molecule has 0 unspecified atom stereocenters. The van der Waals surface area contributed by atoms with Crippen LogP contribution >= 0.6 is 0 Å². The minimum atomic E-state index is -4.84. The first-order valence-corrected chi connectivity index (χ1v) is 13.1. The number of anilines is 1. The molecule has 0 atom stereocenters. The van der Waals surface area contributed by atoms with Crippen molar-refractivity contribution in [1.82, 2.24) is 4.98 Å². The molecule has 41 heavy (non-hydrogen) atoms. The number of amides is 1. The normalized spacial score (nSPS) is 15.8. The molecule has 2 aliphatic rings. The van der Waals surface area contributed by atoms with Gasteiger partial charge >= 0.3 is 12.1 Å². The first kappa shape index (κ1) is 28.0. The van der Waals surface area contributed by atoms with Crippen LogP contribution in [0.5, 0.6) is 0 Å². The van der Waals surface area contributed by atoms with E-state index in [0.717, 1.165) is 11.8 Å². The largest absolute Gasteiger partial charge is 0.466 e. The Morgan fingerprint density at radius 1 is 1.12 bits per heavy atom. The molecule has 0 spiro atoms. The lowest BCUT2D eigenvalue weighted by Crippen LogP contribution is -2.12. The molecule has 0 saturated carbocycles. The number of alkyl halides is 3. The van der Waals surface area contributed by atoms with E-state index in [-0.39, 0.29) is 42.7 Å². The monoisotopic (exact) mass is 567 g/mol. The summed E-state index contributed by atoms with van der Waals surface area (Å²) in [5, 5.41) is 2.78. The van der Waals surface area contributed by atoms with Gasteiger partial charge in [-0.1, -0.05) is 6.07 Å². The SMILES string of the molecule is CCOC(=O)CCc1c(/C=C2\C(=O)Nc3ccc(N=Cc4ccc(F)c(C(F)(F)F)c4)cc32)[nH]c2c1C(=O)CCC2. The lowest BCUT2D eigenvalue weighted by molar-refractivity contribution is -0.143. The van der Waals surface area contributed by atoms with Crippen molar-refractivity contribution in [3.8, 4) is 0 Å². The number of aromatic nitrogens is 1. The number of esters is 1. The highest BCUT2D eigenvalue weighted by molar-refractivity contribution is 6.35. The van der Waals surface area contributed by atoms with Crippen LogP contribution in [0.15, 0.2) is 41.4 Å². The van der Waals surface area contributed by atoms with E-state index in [1.807, 2.05) is 0 Å². The van der Waals surface area contributed by atoms with Gasteiger partial charge in [0.05, 0.1) is 23.4 Å². The maximum Gasteiger partial charge on any atom is 0.419 e. The van der Waals surface area contributed by atoms with Crippen LogP contribution in [0.2, 0.25) is 0 Å². The number of hydrogen-bond donors (Lipinski definition) is 2. The molecule has 1 aliphatic heterocycles. The zero-order chi connectivity index (χ0) is 29.3. The fourth-order valence-electron chi connectivity index (χ4n) is 5.07. The molecule has 7 nitrogen and oxygen atoms in total. The number of ether oxygens (including phenoxy) is 1. The number of hydrogen-bond acceptors (Lipinski definition) is 5. The smallest absolute Gasteiger partial charge is 0.419 e. The van der Waals surface area contributed by atoms with Gasteiger partial charge in [-0.3, -0.25) is 19.4 Å². The number of Topliss-reactive ketones (excluding diaryl/α,β-unsaturated/α-hetero) is 1. The number of H-pyrrole nitrogens is 1. The number of aryl methyl sites for hydroxylation is 1. The van der Waals surface area contributed by atoms with Gasteiger partial charge in [-0.25, -0.2) is 4.39 Å². The standard InChI is InChI=1S/C30H25F4N3O4/c1-2-41-27(39)11-8-18-25(36-24-4-3-5-26(38)28(18)24)14-20-19-13-17(7-10-23(19)37-29(20)40)35-15-16-6-9-22(31)21(12-16)30(32,33)34/h6-7,9-10,12-15,36H,2-5,8,11H2,1H3,(H,37,40)/b20-14-,35-15?. The van der Waals surface area contributed by atoms with E-state index >= 15 is 0 Å². The molecule has 1 amide bonds. The Hall–Kier alpha value is -4.54. The number of carbonyl (C=O) groups is 3. The molecule has 2 heterocycles. The lowest BCUT2D eigenvalue weighted by atomic mass is 9.91. The number of aliphatic imine (C=N–C) groups is 1. The number of aromatic amines is 1. The molecule has 0 saturated heterocycles. The first-order chi connectivity index (χ1) is 19.5. The molecule has 1 aliphatic carbocycles. The van der Waals surface area contributed by atoms with Gasteiger partial charge in [0.2, 0.25) is 0 Å². The molecular formula is C30H25F4N3O4. The molecule has 5 rings (SSSR count). The highest BCUT2D eigenvalue weighted by Gasteiger charge is 2.34. The zero-order valence-corrected chi connectivity index (χ0v) is 22.0. The third-order valence-electron chi connectivity index (χ3n) is 6.94. The zero-order valence-electron chi connectivity index (χ0n) is 22.0. The van der Waals surface area contributed by atoms with Crippen molar-refractivity contribution in [2.75, 3.05) is 11.9 Å². The third kappa shape index (κ3) is 5.84. The van der Waals surface area contributed by atoms with Crippen LogP contribution in [-0.4, -0.2) is 35.5 Å². The molecule has 1 aromatic heterocycles. The van der Waals surface area contributed by atoms with Crippen molar-refractivity contribution < 1.29 is 36.7 Å². The molecule has 3 aromatic rings. The Labute approximate surface area is 232 Å². The summed E-state index contributed by atoms with van der Waals surface area (Å²) in [6, 6.07) is 7.41. The van der Waals surface area contributed by atoms with Crippen molar-refractivity contribution in [2.24, 2.45) is 4.99 Å². The quantitative estimate of drug-likeness (QED) is 0.149. The van der Waals surface area contributed by atoms with Gasteiger partial charge < -0.3 is 15.0 Å². The number of rotatable bonds is 7. The average Bonchev–Trinajstić information content (AvgIpc) is 3.43. The number of ketones is 1. The Morgan fingerprint density at radius 2 is 1.93 bits per heavy atom. The molecular weight excluding hydrogens is 542 g/mol. The predicted octanol–water partition coefficient (Wildman–Crippen LogP) is 6.43. The number of benzene rings is 2. The van der Waals surface area contributed by atoms with Crippen LogP contribution in [0.3, 0.4) is 0 Å². The summed E-state index contributed by atoms with van der Waals surface area (Å²) in [6.45, 7) is 1.95. The molecule has 2 aromatic carbocycles. The third-order valence-corrected chi connectivity index (χ3v) is 6.94. The van der Waals surface area contributed by atoms with Crippen LogP contribution in [0.4, 0.5) is 28.9 Å². The van der Waals surface area contributed by atoms with Gasteiger partial charge in [0, 0.05) is 47.3 Å². The number of fused-ring (bicyclic) bond motifs is 2. The van der Waals surface area contributed by atoms with Crippen molar-refractivity contribution in [3.63, 3.8) is 0 Å². The van der Waals surface area contributed by atoms with E-state index in [9.17, 15) is 31.9 Å². The van der Waals surface area contributed by atoms with E-state index in [1.165, 1.54) is 12.3 Å². The Balaban J connectivity index is 1.49. The van der Waals surface area contributed by atoms with Crippen LogP contribution in [-0.2, 0) is 33.3 Å². The van der Waals surface area contributed by atoms with Crippen LogP contribution in [0.1, 0.15) is 70.2 Å². The molecule has 0 radical (unpaired) electrons. The minimum absolute atomic E-state index is 0.0200. The molecule has 212 valence electrons. The van der Waals surface area contributed by atoms with E-state index < -0.39 is 17.6 Å². The highest BCUT2D eigenvalue weighted by Crippen LogP contribution is 2.38. The fourth-order valence-corrected chi connectivity index (χ4v) is 5.07. The summed E-state index contributed by atoms with van der Waals surface area (Å²) in [5.74, 6) is -2.17. The second-order valence-electron chi connectivity index (χ2n) is 9.69. The summed E-state index contributed by atoms with van der Waals surface area (Å²) < 4.78 is 57.9. The van der Waals surface area contributed by atoms with E-state index in [4.69, 9.17) is 4.74 Å². The summed E-state index contributed by atoms with van der Waals surface area (Å²) in [4.78, 5) is 45.3. The fraction of sp³-hybridized carbons (Fsp3) is 0.267. The highest BCUT2D eigenvalue weighted by atomic mass is 19.4. The van der Waals surface area contributed by atoms with E-state index in [1.54, 1.807) is 31.2 Å². The maximum atomic E-state index is 13.6. The van der Waals surface area contributed by atoms with Crippen molar-refractivity contribution in [3.05, 3.63) is 81.4 Å². The topological polar surface area (TPSA) is 101 Å². The summed E-state index contributed by atoms with van der Waals surface area (Å²) in [6.07, 6.45) is 0.0637. The van der Waals surface area contributed by atoms with Gasteiger partial charge in [-0.05, 0) is 73.7 Å².